The van der Waals surface area contributed by atoms with E-state index < -0.39 is 5.60 Å². The van der Waals surface area contributed by atoms with Gasteiger partial charge in [-0.25, -0.2) is 4.79 Å². The number of rotatable bonds is 3. The van der Waals surface area contributed by atoms with Crippen LogP contribution in [0.2, 0.25) is 0 Å². The molecule has 4 heterocycles. The Bertz CT molecular complexity index is 892. The quantitative estimate of drug-likeness (QED) is 0.630. The van der Waals surface area contributed by atoms with E-state index in [1.165, 1.54) is 0 Å². The third-order valence-electron chi connectivity index (χ3n) is 4.87. The molecule has 0 aliphatic carbocycles. The van der Waals surface area contributed by atoms with Gasteiger partial charge in [-0.3, -0.25) is 9.39 Å². The molecule has 2 aliphatic rings. The largest absolute Gasteiger partial charge is 0.444 e. The predicted octanol–water partition coefficient (Wildman–Crippen LogP) is 1.77. The average molecular weight is 513 g/mol. The number of aliphatic imine (C=N–C) groups is 1. The van der Waals surface area contributed by atoms with Gasteiger partial charge >= 0.3 is 6.09 Å². The highest BCUT2D eigenvalue weighted by atomic mass is 127. The van der Waals surface area contributed by atoms with E-state index in [0.29, 0.717) is 19.6 Å². The van der Waals surface area contributed by atoms with Crippen molar-refractivity contribution < 1.29 is 9.53 Å². The molecule has 9 nitrogen and oxygen atoms in total. The minimum atomic E-state index is -0.473. The molecule has 1 amide bonds. The summed E-state index contributed by atoms with van der Waals surface area (Å²) < 4.78 is 7.49. The summed E-state index contributed by atoms with van der Waals surface area (Å²) in [6.07, 6.45) is 2.49. The van der Waals surface area contributed by atoms with E-state index in [1.54, 1.807) is 4.90 Å². The van der Waals surface area contributed by atoms with Crippen molar-refractivity contribution in [1.82, 2.24) is 29.7 Å². The second kappa shape index (κ2) is 8.72. The molecule has 2 aromatic heterocycles. The smallest absolute Gasteiger partial charge is 0.410 e. The van der Waals surface area contributed by atoms with Gasteiger partial charge in [-0.15, -0.1) is 34.2 Å². The molecule has 1 saturated heterocycles. The zero-order valence-electron chi connectivity index (χ0n) is 17.0. The Balaban J connectivity index is 0.00000240. The monoisotopic (exact) mass is 513 g/mol. The number of hydrogen-bond acceptors (Lipinski definition) is 7. The van der Waals surface area contributed by atoms with Gasteiger partial charge in [0, 0.05) is 38.8 Å². The van der Waals surface area contributed by atoms with Gasteiger partial charge in [-0.1, -0.05) is 6.07 Å². The Hall–Kier alpha value is -2.11. The zero-order valence-corrected chi connectivity index (χ0v) is 19.4. The number of amides is 1. The van der Waals surface area contributed by atoms with Crippen LogP contribution in [0.5, 0.6) is 0 Å². The molecule has 0 bridgehead atoms. The highest BCUT2D eigenvalue weighted by Gasteiger charge is 2.36. The summed E-state index contributed by atoms with van der Waals surface area (Å²) in [7, 11) is 0. The fraction of sp³-hybridized carbons (Fsp3) is 0.579. The molecule has 0 aromatic carbocycles. The number of nitrogens with zero attached hydrogens (tertiary/aromatic N) is 6. The van der Waals surface area contributed by atoms with Crippen molar-refractivity contribution in [2.45, 2.75) is 38.8 Å². The number of ether oxygens (including phenoxy) is 1. The molecule has 1 fully saturated rings. The minimum absolute atomic E-state index is 0. The van der Waals surface area contributed by atoms with Gasteiger partial charge in [-0.2, -0.15) is 0 Å². The third kappa shape index (κ3) is 4.90. The molecule has 0 saturated carbocycles. The number of fused-ring (bicyclic) bond motifs is 2. The van der Waals surface area contributed by atoms with E-state index in [0.717, 1.165) is 36.9 Å². The van der Waals surface area contributed by atoms with Gasteiger partial charge in [0.1, 0.15) is 11.4 Å². The van der Waals surface area contributed by atoms with Crippen molar-refractivity contribution in [3.8, 4) is 0 Å². The number of halogens is 1. The summed E-state index contributed by atoms with van der Waals surface area (Å²) >= 11 is 0. The molecule has 10 heteroatoms. The fourth-order valence-corrected chi connectivity index (χ4v) is 3.57. The van der Waals surface area contributed by atoms with Crippen LogP contribution in [0.15, 0.2) is 29.4 Å². The summed E-state index contributed by atoms with van der Waals surface area (Å²) in [5.41, 5.74) is 0.382. The van der Waals surface area contributed by atoms with Crippen LogP contribution in [0.3, 0.4) is 0 Å². The van der Waals surface area contributed by atoms with E-state index >= 15 is 0 Å². The number of hydrogen-bond donors (Lipinski definition) is 1. The number of aromatic nitrogens is 3. The van der Waals surface area contributed by atoms with Crippen LogP contribution in [0, 0.1) is 0 Å². The van der Waals surface area contributed by atoms with Crippen molar-refractivity contribution in [3.63, 3.8) is 0 Å². The standard InChI is InChI=1S/C19H27N7O2.HI/c1-19(2,3)28-18(27)24-10-11-25-14(13-24)12-21-17(25)20-8-7-16-23-22-15-6-4-5-9-26(15)16;/h4-6,9,14H,7-8,10-13H2,1-3H3,(H,20,21);1H. The number of carbonyl (C=O) groups is 1. The second-order valence-corrected chi connectivity index (χ2v) is 8.16. The number of piperazine rings is 1. The summed E-state index contributed by atoms with van der Waals surface area (Å²) in [4.78, 5) is 21.0. The molecular formula is C19H28IN7O2. The van der Waals surface area contributed by atoms with E-state index in [4.69, 9.17) is 4.74 Å². The van der Waals surface area contributed by atoms with Crippen LogP contribution >= 0.6 is 24.0 Å². The lowest BCUT2D eigenvalue weighted by Gasteiger charge is -2.39. The van der Waals surface area contributed by atoms with Gasteiger partial charge in [0.05, 0.1) is 12.6 Å². The Labute approximate surface area is 187 Å². The topological polar surface area (TPSA) is 87.4 Å². The molecule has 0 radical (unpaired) electrons. The first kappa shape index (κ1) is 21.6. The molecule has 1 unspecified atom stereocenters. The summed E-state index contributed by atoms with van der Waals surface area (Å²) in [6, 6.07) is 6.08. The third-order valence-corrected chi connectivity index (χ3v) is 4.87. The van der Waals surface area contributed by atoms with Crippen LogP contribution in [0.25, 0.3) is 5.65 Å². The number of pyridine rings is 1. The Morgan fingerprint density at radius 3 is 2.90 bits per heavy atom. The lowest BCUT2D eigenvalue weighted by molar-refractivity contribution is 0.0137. The van der Waals surface area contributed by atoms with Crippen LogP contribution in [-0.4, -0.2) is 80.8 Å². The zero-order chi connectivity index (χ0) is 19.7. The normalized spacial score (nSPS) is 18.9. The first-order valence-corrected chi connectivity index (χ1v) is 9.72. The van der Waals surface area contributed by atoms with E-state index in [1.807, 2.05) is 49.6 Å². The maximum atomic E-state index is 12.3. The van der Waals surface area contributed by atoms with Crippen LogP contribution < -0.4 is 5.32 Å². The summed E-state index contributed by atoms with van der Waals surface area (Å²) in [5.74, 6) is 1.83. The lowest BCUT2D eigenvalue weighted by Crippen LogP contribution is -2.57. The van der Waals surface area contributed by atoms with Crippen LogP contribution in [-0.2, 0) is 11.2 Å². The van der Waals surface area contributed by atoms with Crippen LogP contribution in [0.4, 0.5) is 4.79 Å². The number of carbonyl (C=O) groups excluding carboxylic acids is 1. The molecule has 2 aromatic rings. The molecular weight excluding hydrogens is 485 g/mol. The Morgan fingerprint density at radius 1 is 1.28 bits per heavy atom. The fourth-order valence-electron chi connectivity index (χ4n) is 3.57. The highest BCUT2D eigenvalue weighted by Crippen LogP contribution is 2.18. The first-order valence-electron chi connectivity index (χ1n) is 9.72. The van der Waals surface area contributed by atoms with Gasteiger partial charge in [-0.05, 0) is 32.9 Å². The minimum Gasteiger partial charge on any atom is -0.444 e. The maximum absolute atomic E-state index is 12.3. The molecule has 4 rings (SSSR count). The van der Waals surface area contributed by atoms with Gasteiger partial charge in [0.2, 0.25) is 0 Å². The lowest BCUT2D eigenvalue weighted by atomic mass is 10.2. The molecule has 0 spiro atoms. The first-order chi connectivity index (χ1) is 13.4. The molecule has 1 N–H and O–H groups in total. The van der Waals surface area contributed by atoms with Gasteiger partial charge < -0.3 is 19.9 Å². The molecule has 1 atom stereocenters. The van der Waals surface area contributed by atoms with Crippen molar-refractivity contribution in [2.75, 3.05) is 32.7 Å². The predicted molar refractivity (Wildman–Crippen MR) is 121 cm³/mol. The second-order valence-electron chi connectivity index (χ2n) is 8.16. The number of nitrogens with one attached hydrogen (secondary N) is 1. The van der Waals surface area contributed by atoms with E-state index in [9.17, 15) is 4.79 Å². The maximum Gasteiger partial charge on any atom is 0.410 e. The van der Waals surface area contributed by atoms with E-state index in [2.05, 4.69) is 25.4 Å². The SMILES string of the molecule is CC(C)(C)OC(=O)N1CCN2C(NCCc3nnc4ccccn34)=NCC2C1.I. The van der Waals surface area contributed by atoms with Crippen molar-refractivity contribution in [3.05, 3.63) is 30.2 Å². The highest BCUT2D eigenvalue weighted by molar-refractivity contribution is 14.0. The van der Waals surface area contributed by atoms with Gasteiger partial charge in [0.15, 0.2) is 11.6 Å². The van der Waals surface area contributed by atoms with Crippen molar-refractivity contribution in [2.24, 2.45) is 4.99 Å². The van der Waals surface area contributed by atoms with Gasteiger partial charge in [0.25, 0.3) is 0 Å². The van der Waals surface area contributed by atoms with Crippen molar-refractivity contribution >= 4 is 41.7 Å². The Morgan fingerprint density at radius 2 is 2.10 bits per heavy atom. The van der Waals surface area contributed by atoms with Crippen molar-refractivity contribution in [1.29, 1.82) is 0 Å². The Kier molecular flexibility index (Phi) is 6.49. The molecule has 29 heavy (non-hydrogen) atoms. The van der Waals surface area contributed by atoms with Crippen LogP contribution in [0.1, 0.15) is 26.6 Å². The summed E-state index contributed by atoms with van der Waals surface area (Å²) in [5, 5.41) is 11.9. The van der Waals surface area contributed by atoms with E-state index in [-0.39, 0.29) is 36.1 Å². The summed E-state index contributed by atoms with van der Waals surface area (Å²) in [6.45, 7) is 9.12. The number of guanidine groups is 1. The average Bonchev–Trinajstić information content (AvgIpc) is 3.24. The molecule has 2 aliphatic heterocycles. The molecule has 158 valence electrons.